The number of rotatable bonds is 6. The van der Waals surface area contributed by atoms with E-state index < -0.39 is 43.4 Å². The van der Waals surface area contributed by atoms with E-state index >= 15 is 0 Å². The summed E-state index contributed by atoms with van der Waals surface area (Å²) in [6.07, 6.45) is -4.10. The fourth-order valence-electron chi connectivity index (χ4n) is 3.91. The molecule has 2 aliphatic rings. The summed E-state index contributed by atoms with van der Waals surface area (Å²) >= 11 is 0. The van der Waals surface area contributed by atoms with Crippen LogP contribution in [0.3, 0.4) is 0 Å². The Labute approximate surface area is 184 Å². The van der Waals surface area contributed by atoms with Crippen LogP contribution in [0.25, 0.3) is 0 Å². The molecule has 2 amide bonds. The van der Waals surface area contributed by atoms with Crippen LogP contribution >= 0.6 is 0 Å². The molecular weight excluding hydrogens is 427 g/mol. The minimum Gasteiger partial charge on any atom is -0.497 e. The quantitative estimate of drug-likeness (QED) is 0.692. The summed E-state index contributed by atoms with van der Waals surface area (Å²) in [6, 6.07) is 4.21. The number of fused-ring (bicyclic) bond motifs is 3. The lowest BCUT2D eigenvalue weighted by atomic mass is 9.88. The molecule has 1 saturated heterocycles. The molecule has 3 rings (SSSR count). The number of carbonyl (C=O) groups excluding carboxylic acids is 3. The second-order valence-electron chi connectivity index (χ2n) is 8.53. The van der Waals surface area contributed by atoms with Gasteiger partial charge in [0, 0.05) is 41.8 Å². The smallest absolute Gasteiger partial charge is 0.389 e. The number of benzene rings is 1. The van der Waals surface area contributed by atoms with Crippen LogP contribution in [-0.4, -0.2) is 44.0 Å². The fraction of sp³-hybridized carbons (Fsp3) is 0.500. The van der Waals surface area contributed by atoms with Gasteiger partial charge in [-0.25, -0.2) is 0 Å². The Morgan fingerprint density at radius 2 is 1.97 bits per heavy atom. The lowest BCUT2D eigenvalue weighted by molar-refractivity contribution is -0.144. The highest BCUT2D eigenvalue weighted by Gasteiger charge is 2.41. The van der Waals surface area contributed by atoms with Crippen LogP contribution < -0.4 is 20.3 Å². The number of amides is 2. The molecule has 2 N–H and O–H groups in total. The number of alkyl halides is 3. The molecule has 0 aromatic heterocycles. The van der Waals surface area contributed by atoms with Crippen LogP contribution in [0.4, 0.5) is 18.9 Å². The maximum Gasteiger partial charge on any atom is 0.389 e. The summed E-state index contributed by atoms with van der Waals surface area (Å²) in [4.78, 5) is 39.1. The van der Waals surface area contributed by atoms with E-state index in [9.17, 15) is 27.6 Å². The van der Waals surface area contributed by atoms with Crippen molar-refractivity contribution in [2.75, 3.05) is 25.1 Å². The third-order valence-electron chi connectivity index (χ3n) is 5.73. The number of nitrogens with zero attached hydrogens (tertiary/aromatic N) is 1. The molecule has 0 bridgehead atoms. The Morgan fingerprint density at radius 1 is 1.25 bits per heavy atom. The fourth-order valence-corrected chi connectivity index (χ4v) is 3.91. The van der Waals surface area contributed by atoms with Crippen LogP contribution in [0, 0.1) is 5.41 Å². The SMILES string of the molecule is COc1ccc2c(c1)N1CCC(C)(C)C1=CC(=O)C2NC(=O)CNC(=O)CCC(F)(F)F. The van der Waals surface area contributed by atoms with Crippen molar-refractivity contribution in [1.82, 2.24) is 10.6 Å². The topological polar surface area (TPSA) is 87.7 Å². The average molecular weight is 453 g/mol. The van der Waals surface area contributed by atoms with Gasteiger partial charge < -0.3 is 20.3 Å². The number of hydrogen-bond donors (Lipinski definition) is 2. The number of halogens is 3. The minimum atomic E-state index is -4.45. The van der Waals surface area contributed by atoms with Crippen molar-refractivity contribution >= 4 is 23.3 Å². The molecule has 0 aliphatic carbocycles. The van der Waals surface area contributed by atoms with E-state index in [1.807, 2.05) is 18.7 Å². The largest absolute Gasteiger partial charge is 0.497 e. The number of carbonyl (C=O) groups is 3. The lowest BCUT2D eigenvalue weighted by Gasteiger charge is -2.27. The van der Waals surface area contributed by atoms with Crippen LogP contribution in [0.15, 0.2) is 30.0 Å². The molecule has 2 heterocycles. The molecule has 1 atom stereocenters. The summed E-state index contributed by atoms with van der Waals surface area (Å²) in [5.41, 5.74) is 1.93. The molecule has 1 aromatic carbocycles. The molecular formula is C22H26F3N3O4. The van der Waals surface area contributed by atoms with Gasteiger partial charge in [0.05, 0.1) is 25.8 Å². The molecule has 174 valence electrons. The van der Waals surface area contributed by atoms with Crippen molar-refractivity contribution < 1.29 is 32.3 Å². The summed E-state index contributed by atoms with van der Waals surface area (Å²) in [7, 11) is 1.54. The normalized spacial score (nSPS) is 19.4. The first-order valence-corrected chi connectivity index (χ1v) is 10.3. The Kier molecular flexibility index (Phi) is 6.52. The third kappa shape index (κ3) is 5.23. The van der Waals surface area contributed by atoms with Crippen molar-refractivity contribution in [3.8, 4) is 5.75 Å². The molecule has 1 unspecified atom stereocenters. The first-order valence-electron chi connectivity index (χ1n) is 10.3. The average Bonchev–Trinajstić information content (AvgIpc) is 2.95. The zero-order chi connectivity index (χ0) is 23.7. The van der Waals surface area contributed by atoms with Crippen molar-refractivity contribution in [3.05, 3.63) is 35.5 Å². The Morgan fingerprint density at radius 3 is 2.62 bits per heavy atom. The predicted molar refractivity (Wildman–Crippen MR) is 111 cm³/mol. The van der Waals surface area contributed by atoms with Gasteiger partial charge in [-0.1, -0.05) is 19.9 Å². The summed E-state index contributed by atoms with van der Waals surface area (Å²) in [5, 5.41) is 4.77. The highest BCUT2D eigenvalue weighted by atomic mass is 19.4. The van der Waals surface area contributed by atoms with Crippen molar-refractivity contribution in [3.63, 3.8) is 0 Å². The van der Waals surface area contributed by atoms with Gasteiger partial charge in [-0.3, -0.25) is 14.4 Å². The van der Waals surface area contributed by atoms with Crippen LogP contribution in [0.1, 0.15) is 44.7 Å². The van der Waals surface area contributed by atoms with Gasteiger partial charge in [0.15, 0.2) is 5.78 Å². The first kappa shape index (κ1) is 23.6. The number of ketones is 1. The Bertz CT molecular complexity index is 956. The van der Waals surface area contributed by atoms with E-state index in [4.69, 9.17) is 4.74 Å². The van der Waals surface area contributed by atoms with E-state index in [2.05, 4.69) is 10.6 Å². The van der Waals surface area contributed by atoms with Crippen LogP contribution in [-0.2, 0) is 14.4 Å². The lowest BCUT2D eigenvalue weighted by Crippen LogP contribution is -2.40. The Hall–Kier alpha value is -3.04. The number of nitrogens with one attached hydrogen (secondary N) is 2. The minimum absolute atomic E-state index is 0.235. The van der Waals surface area contributed by atoms with E-state index in [1.54, 1.807) is 18.2 Å². The van der Waals surface area contributed by atoms with E-state index in [0.717, 1.165) is 17.8 Å². The molecule has 32 heavy (non-hydrogen) atoms. The molecule has 1 fully saturated rings. The molecule has 0 spiro atoms. The number of allylic oxidation sites excluding steroid dienone is 1. The Balaban J connectivity index is 1.79. The van der Waals surface area contributed by atoms with E-state index in [0.29, 0.717) is 17.9 Å². The second kappa shape index (κ2) is 8.84. The first-order chi connectivity index (χ1) is 14.9. The van der Waals surface area contributed by atoms with Crippen molar-refractivity contribution in [2.24, 2.45) is 5.41 Å². The second-order valence-corrected chi connectivity index (χ2v) is 8.53. The van der Waals surface area contributed by atoms with Crippen LogP contribution in [0.5, 0.6) is 5.75 Å². The standard InChI is InChI=1S/C22H26F3N3O4/c1-21(2)8-9-28-15-10-13(32-3)4-5-14(15)20(16(29)11-17(21)28)27-19(31)12-26-18(30)6-7-22(23,24)25/h4-5,10-11,20H,6-9,12H2,1-3H3,(H,26,30)(H,27,31). The van der Waals surface area contributed by atoms with Crippen molar-refractivity contribution in [1.29, 1.82) is 0 Å². The van der Waals surface area contributed by atoms with Crippen molar-refractivity contribution in [2.45, 2.75) is 45.3 Å². The number of hydrogen-bond acceptors (Lipinski definition) is 5. The zero-order valence-corrected chi connectivity index (χ0v) is 18.1. The molecule has 10 heteroatoms. The predicted octanol–water partition coefficient (Wildman–Crippen LogP) is 3.01. The summed E-state index contributed by atoms with van der Waals surface area (Å²) in [5.74, 6) is -1.28. The monoisotopic (exact) mass is 453 g/mol. The van der Waals surface area contributed by atoms with Gasteiger partial charge in [0.25, 0.3) is 0 Å². The van der Waals surface area contributed by atoms with Gasteiger partial charge in [0.2, 0.25) is 11.8 Å². The highest BCUT2D eigenvalue weighted by molar-refractivity contribution is 6.01. The van der Waals surface area contributed by atoms with Gasteiger partial charge in [-0.2, -0.15) is 13.2 Å². The molecule has 1 aromatic rings. The third-order valence-corrected chi connectivity index (χ3v) is 5.73. The summed E-state index contributed by atoms with van der Waals surface area (Å²) in [6.45, 7) is 4.25. The molecule has 2 aliphatic heterocycles. The molecule has 7 nitrogen and oxygen atoms in total. The van der Waals surface area contributed by atoms with E-state index in [1.165, 1.54) is 13.2 Å². The van der Waals surface area contributed by atoms with Gasteiger partial charge in [-0.05, 0) is 12.5 Å². The van der Waals surface area contributed by atoms with E-state index in [-0.39, 0.29) is 11.2 Å². The zero-order valence-electron chi connectivity index (χ0n) is 18.1. The van der Waals surface area contributed by atoms with Gasteiger partial charge >= 0.3 is 6.18 Å². The summed E-state index contributed by atoms with van der Waals surface area (Å²) < 4.78 is 42.0. The molecule has 0 saturated carbocycles. The number of anilines is 1. The number of ether oxygens (including phenoxy) is 1. The van der Waals surface area contributed by atoms with Gasteiger partial charge in [0.1, 0.15) is 11.8 Å². The maximum absolute atomic E-state index is 13.1. The van der Waals surface area contributed by atoms with Crippen LogP contribution in [0.2, 0.25) is 0 Å². The highest BCUT2D eigenvalue weighted by Crippen LogP contribution is 2.46. The van der Waals surface area contributed by atoms with Gasteiger partial charge in [-0.15, -0.1) is 0 Å². The number of methoxy groups -OCH3 is 1. The molecule has 0 radical (unpaired) electrons. The maximum atomic E-state index is 13.1.